The van der Waals surface area contributed by atoms with Crippen LogP contribution >= 0.6 is 0 Å². The van der Waals surface area contributed by atoms with E-state index in [1.807, 2.05) is 12.1 Å². The molecule has 2 fully saturated rings. The van der Waals surface area contributed by atoms with Gasteiger partial charge in [-0.05, 0) is 29.8 Å². The van der Waals surface area contributed by atoms with Gasteiger partial charge < -0.3 is 20.4 Å². The number of halogens is 1. The molecule has 1 spiro atoms. The van der Waals surface area contributed by atoms with Gasteiger partial charge >= 0.3 is 0 Å². The fourth-order valence-corrected chi connectivity index (χ4v) is 5.27. The lowest BCUT2D eigenvalue weighted by Gasteiger charge is -2.56. The number of benzene rings is 2. The highest BCUT2D eigenvalue weighted by molar-refractivity contribution is 6.17. The van der Waals surface area contributed by atoms with Gasteiger partial charge in [0.1, 0.15) is 17.0 Å². The molecule has 2 aromatic carbocycles. The van der Waals surface area contributed by atoms with E-state index in [2.05, 4.69) is 31.1 Å². The zero-order chi connectivity index (χ0) is 22.3. The first kappa shape index (κ1) is 18.6. The highest BCUT2D eigenvalue weighted by Crippen LogP contribution is 2.45. The van der Waals surface area contributed by atoms with Gasteiger partial charge in [-0.2, -0.15) is 5.10 Å². The molecule has 0 aliphatic carbocycles. The molecular weight excluding hydrogens is 423 g/mol. The lowest BCUT2D eigenvalue weighted by Crippen LogP contribution is -2.66. The smallest absolute Gasteiger partial charge is 0.272 e. The van der Waals surface area contributed by atoms with Gasteiger partial charge in [0, 0.05) is 46.7 Å². The van der Waals surface area contributed by atoms with Crippen LogP contribution in [0.25, 0.3) is 43.8 Å². The third-order valence-electron chi connectivity index (χ3n) is 6.94. The van der Waals surface area contributed by atoms with Crippen LogP contribution in [0.3, 0.4) is 0 Å². The van der Waals surface area contributed by atoms with E-state index in [4.69, 9.17) is 10.5 Å². The molecule has 5 aromatic rings. The van der Waals surface area contributed by atoms with Crippen LogP contribution in [0, 0.1) is 11.2 Å². The van der Waals surface area contributed by atoms with Gasteiger partial charge in [0.2, 0.25) is 0 Å². The second kappa shape index (κ2) is 6.29. The van der Waals surface area contributed by atoms with Crippen molar-refractivity contribution in [2.45, 2.75) is 0 Å². The predicted molar refractivity (Wildman–Crippen MR) is 125 cm³/mol. The molecule has 0 unspecified atom stereocenters. The quantitative estimate of drug-likeness (QED) is 0.362. The molecule has 0 bridgehead atoms. The third kappa shape index (κ3) is 2.45. The van der Waals surface area contributed by atoms with Crippen LogP contribution in [0.15, 0.2) is 47.5 Å². The number of hydrogen-bond donors (Lipinski definition) is 3. The summed E-state index contributed by atoms with van der Waals surface area (Å²) in [7, 11) is 0. The molecule has 33 heavy (non-hydrogen) atoms. The normalized spacial score (nSPS) is 17.1. The second-order valence-electron chi connectivity index (χ2n) is 9.06. The SMILES string of the molecule is Nc1c(-c2ccc(F)c3[nH]ncc23)c2cc(N3CC4(COC4)C3)c3cccnc3c2[nH]c1=O. The summed E-state index contributed by atoms with van der Waals surface area (Å²) in [5, 5.41) is 8.98. The standard InChI is InChI=1S/C24H19FN6O2/c25-16-4-3-12(15-7-28-30-20(15)16)18-14-6-17(31-8-24(9-31)10-33-11-24)13-2-1-5-27-21(13)22(14)29-23(32)19(18)26/h1-7H,8-11,26H2,(H,28,30)(H,29,32). The fraction of sp³-hybridized carbons (Fsp3) is 0.208. The monoisotopic (exact) mass is 442 g/mol. The highest BCUT2D eigenvalue weighted by Gasteiger charge is 2.49. The molecule has 0 saturated carbocycles. The van der Waals surface area contributed by atoms with Crippen LogP contribution in [-0.2, 0) is 4.74 Å². The number of nitrogens with two attached hydrogens (primary N) is 1. The summed E-state index contributed by atoms with van der Waals surface area (Å²) in [5.41, 5.74) is 10.0. The number of H-pyrrole nitrogens is 2. The van der Waals surface area contributed by atoms with E-state index in [1.165, 1.54) is 6.07 Å². The maximum Gasteiger partial charge on any atom is 0.272 e. The van der Waals surface area contributed by atoms with Crippen LogP contribution in [0.5, 0.6) is 0 Å². The number of nitrogens with zero attached hydrogens (tertiary/aromatic N) is 3. The Labute approximate surface area is 186 Å². The zero-order valence-electron chi connectivity index (χ0n) is 17.5. The van der Waals surface area contributed by atoms with Crippen LogP contribution in [0.2, 0.25) is 0 Å². The Hall–Kier alpha value is -3.98. The molecule has 0 amide bonds. The van der Waals surface area contributed by atoms with Gasteiger partial charge in [-0.1, -0.05) is 6.07 Å². The number of rotatable bonds is 2. The van der Waals surface area contributed by atoms with Crippen LogP contribution < -0.4 is 16.2 Å². The van der Waals surface area contributed by atoms with Gasteiger partial charge in [0.15, 0.2) is 0 Å². The minimum Gasteiger partial charge on any atom is -0.394 e. The van der Waals surface area contributed by atoms with E-state index in [0.29, 0.717) is 27.5 Å². The Morgan fingerprint density at radius 1 is 1.12 bits per heavy atom. The van der Waals surface area contributed by atoms with Gasteiger partial charge in [0.25, 0.3) is 5.56 Å². The number of ether oxygens (including phenoxy) is 1. The van der Waals surface area contributed by atoms with E-state index in [1.54, 1.807) is 18.5 Å². The molecule has 7 rings (SSSR count). The Bertz CT molecular complexity index is 1660. The number of aromatic nitrogens is 4. The van der Waals surface area contributed by atoms with E-state index >= 15 is 0 Å². The number of hydrogen-bond acceptors (Lipinski definition) is 6. The number of nitrogen functional groups attached to an aromatic ring is 1. The molecule has 5 heterocycles. The minimum atomic E-state index is -0.416. The van der Waals surface area contributed by atoms with Crippen molar-refractivity contribution in [1.29, 1.82) is 0 Å². The van der Waals surface area contributed by atoms with Crippen LogP contribution in [-0.4, -0.2) is 46.5 Å². The lowest BCUT2D eigenvalue weighted by molar-refractivity contribution is -0.126. The lowest BCUT2D eigenvalue weighted by atomic mass is 9.77. The minimum absolute atomic E-state index is 0.0744. The third-order valence-corrected chi connectivity index (χ3v) is 6.94. The molecule has 2 saturated heterocycles. The summed E-state index contributed by atoms with van der Waals surface area (Å²) in [6, 6.07) is 8.97. The van der Waals surface area contributed by atoms with Gasteiger partial charge in [-0.25, -0.2) is 4.39 Å². The topological polar surface area (TPSA) is 113 Å². The van der Waals surface area contributed by atoms with E-state index in [9.17, 15) is 9.18 Å². The number of fused-ring (bicyclic) bond motifs is 4. The Balaban J connectivity index is 1.57. The van der Waals surface area contributed by atoms with Crippen molar-refractivity contribution in [3.05, 3.63) is 58.9 Å². The summed E-state index contributed by atoms with van der Waals surface area (Å²) in [6.07, 6.45) is 3.26. The summed E-state index contributed by atoms with van der Waals surface area (Å²) in [5.74, 6) is -0.416. The van der Waals surface area contributed by atoms with Crippen molar-refractivity contribution >= 4 is 44.1 Å². The Morgan fingerprint density at radius 3 is 2.76 bits per heavy atom. The summed E-state index contributed by atoms with van der Waals surface area (Å²) in [4.78, 5) is 22.8. The average Bonchev–Trinajstić information content (AvgIpc) is 3.25. The van der Waals surface area contributed by atoms with Crippen molar-refractivity contribution in [3.63, 3.8) is 0 Å². The number of anilines is 2. The molecule has 0 radical (unpaired) electrons. The Kier molecular flexibility index (Phi) is 3.54. The number of pyridine rings is 2. The largest absolute Gasteiger partial charge is 0.394 e. The molecule has 2 aliphatic heterocycles. The number of aromatic amines is 2. The Morgan fingerprint density at radius 2 is 1.97 bits per heavy atom. The first-order valence-corrected chi connectivity index (χ1v) is 10.7. The molecule has 3 aromatic heterocycles. The van der Waals surface area contributed by atoms with Crippen LogP contribution in [0.1, 0.15) is 0 Å². The maximum absolute atomic E-state index is 14.4. The number of nitrogens with one attached hydrogen (secondary N) is 2. The first-order chi connectivity index (χ1) is 16.0. The van der Waals surface area contributed by atoms with Crippen molar-refractivity contribution in [1.82, 2.24) is 20.2 Å². The van der Waals surface area contributed by atoms with E-state index in [0.717, 1.165) is 42.8 Å². The predicted octanol–water partition coefficient (Wildman–Crippen LogP) is 3.18. The molecular formula is C24H19FN6O2. The van der Waals surface area contributed by atoms with Gasteiger partial charge in [0.05, 0.1) is 35.9 Å². The zero-order valence-corrected chi connectivity index (χ0v) is 17.5. The van der Waals surface area contributed by atoms with E-state index < -0.39 is 11.4 Å². The fourth-order valence-electron chi connectivity index (χ4n) is 5.27. The maximum atomic E-state index is 14.4. The molecule has 0 atom stereocenters. The molecule has 2 aliphatic rings. The molecule has 9 heteroatoms. The summed E-state index contributed by atoms with van der Waals surface area (Å²) < 4.78 is 19.8. The van der Waals surface area contributed by atoms with Crippen molar-refractivity contribution in [2.24, 2.45) is 5.41 Å². The van der Waals surface area contributed by atoms with Gasteiger partial charge in [-0.15, -0.1) is 0 Å². The van der Waals surface area contributed by atoms with Gasteiger partial charge in [-0.3, -0.25) is 14.9 Å². The first-order valence-electron chi connectivity index (χ1n) is 10.7. The second-order valence-corrected chi connectivity index (χ2v) is 9.06. The van der Waals surface area contributed by atoms with Crippen molar-refractivity contribution in [2.75, 3.05) is 36.9 Å². The van der Waals surface area contributed by atoms with Crippen molar-refractivity contribution in [3.8, 4) is 11.1 Å². The summed E-state index contributed by atoms with van der Waals surface area (Å²) in [6.45, 7) is 3.37. The average molecular weight is 442 g/mol. The molecule has 164 valence electrons. The summed E-state index contributed by atoms with van der Waals surface area (Å²) >= 11 is 0. The van der Waals surface area contributed by atoms with Crippen LogP contribution in [0.4, 0.5) is 15.8 Å². The molecule has 8 nitrogen and oxygen atoms in total. The van der Waals surface area contributed by atoms with Crippen molar-refractivity contribution < 1.29 is 9.13 Å². The highest BCUT2D eigenvalue weighted by atomic mass is 19.1. The molecule has 4 N–H and O–H groups in total. The van der Waals surface area contributed by atoms with E-state index in [-0.39, 0.29) is 16.6 Å².